The molecule has 1 rings (SSSR count). The first-order valence-corrected chi connectivity index (χ1v) is 4.57. The number of phenols is 1. The van der Waals surface area contributed by atoms with E-state index in [9.17, 15) is 5.11 Å². The van der Waals surface area contributed by atoms with Crippen LogP contribution in [0.15, 0.2) is 12.1 Å². The fourth-order valence-corrected chi connectivity index (χ4v) is 1.52. The van der Waals surface area contributed by atoms with Crippen molar-refractivity contribution in [3.8, 4) is 5.75 Å². The highest BCUT2D eigenvalue weighted by Gasteiger charge is 2.05. The Morgan fingerprint density at radius 2 is 1.58 bits per heavy atom. The standard InChI is InChI=1S/C10H13ClO/c1-3-7-5-9(11)6-8(4-2)10(7)12/h5-6,12H,3-4H2,1-2H3. The Labute approximate surface area is 78.0 Å². The van der Waals surface area contributed by atoms with Crippen LogP contribution in [0.25, 0.3) is 0 Å². The van der Waals surface area contributed by atoms with Crippen LogP contribution in [0.4, 0.5) is 0 Å². The maximum absolute atomic E-state index is 9.65. The van der Waals surface area contributed by atoms with Crippen LogP contribution in [0.1, 0.15) is 25.0 Å². The first-order chi connectivity index (χ1) is 5.69. The molecule has 1 aromatic carbocycles. The molecular weight excluding hydrogens is 172 g/mol. The summed E-state index contributed by atoms with van der Waals surface area (Å²) in [7, 11) is 0. The van der Waals surface area contributed by atoms with E-state index < -0.39 is 0 Å². The first-order valence-electron chi connectivity index (χ1n) is 4.19. The van der Waals surface area contributed by atoms with Crippen LogP contribution >= 0.6 is 11.6 Å². The largest absolute Gasteiger partial charge is 0.507 e. The molecule has 1 N–H and O–H groups in total. The Hall–Kier alpha value is -0.690. The lowest BCUT2D eigenvalue weighted by Gasteiger charge is -2.07. The predicted octanol–water partition coefficient (Wildman–Crippen LogP) is 3.17. The van der Waals surface area contributed by atoms with Gasteiger partial charge in [-0.2, -0.15) is 0 Å². The number of benzene rings is 1. The summed E-state index contributed by atoms with van der Waals surface area (Å²) >= 11 is 5.87. The summed E-state index contributed by atoms with van der Waals surface area (Å²) in [6.45, 7) is 4.01. The zero-order chi connectivity index (χ0) is 9.14. The molecule has 0 spiro atoms. The number of halogens is 1. The molecule has 2 heteroatoms. The molecule has 0 saturated carbocycles. The molecule has 0 saturated heterocycles. The minimum absolute atomic E-state index is 0.407. The number of hydrogen-bond donors (Lipinski definition) is 1. The van der Waals surface area contributed by atoms with E-state index in [1.807, 2.05) is 26.0 Å². The molecule has 12 heavy (non-hydrogen) atoms. The van der Waals surface area contributed by atoms with E-state index in [2.05, 4.69) is 0 Å². The zero-order valence-electron chi connectivity index (χ0n) is 7.39. The molecule has 1 aromatic rings. The van der Waals surface area contributed by atoms with Crippen molar-refractivity contribution in [2.75, 3.05) is 0 Å². The number of aromatic hydroxyl groups is 1. The van der Waals surface area contributed by atoms with Gasteiger partial charge in [-0.1, -0.05) is 25.4 Å². The van der Waals surface area contributed by atoms with E-state index in [0.717, 1.165) is 24.0 Å². The third kappa shape index (κ3) is 1.72. The topological polar surface area (TPSA) is 20.2 Å². The smallest absolute Gasteiger partial charge is 0.122 e. The Kier molecular flexibility index (Phi) is 2.99. The molecule has 66 valence electrons. The highest BCUT2D eigenvalue weighted by molar-refractivity contribution is 6.30. The second-order valence-corrected chi connectivity index (χ2v) is 3.22. The van der Waals surface area contributed by atoms with Gasteiger partial charge in [-0.25, -0.2) is 0 Å². The summed E-state index contributed by atoms with van der Waals surface area (Å²) in [6.07, 6.45) is 1.64. The molecule has 0 aliphatic heterocycles. The van der Waals surface area contributed by atoms with E-state index in [1.54, 1.807) is 0 Å². The van der Waals surface area contributed by atoms with Gasteiger partial charge in [0.2, 0.25) is 0 Å². The lowest BCUT2D eigenvalue weighted by atomic mass is 10.1. The molecule has 0 aliphatic carbocycles. The van der Waals surface area contributed by atoms with Gasteiger partial charge in [-0.15, -0.1) is 0 Å². The van der Waals surface area contributed by atoms with Crippen molar-refractivity contribution in [2.45, 2.75) is 26.7 Å². The number of aryl methyl sites for hydroxylation is 2. The van der Waals surface area contributed by atoms with Crippen molar-refractivity contribution < 1.29 is 5.11 Å². The summed E-state index contributed by atoms with van der Waals surface area (Å²) in [4.78, 5) is 0. The predicted molar refractivity (Wildman–Crippen MR) is 51.9 cm³/mol. The molecular formula is C10H13ClO. The normalized spacial score (nSPS) is 10.2. The van der Waals surface area contributed by atoms with Crippen molar-refractivity contribution in [1.29, 1.82) is 0 Å². The van der Waals surface area contributed by atoms with Crippen LogP contribution in [0, 0.1) is 0 Å². The minimum Gasteiger partial charge on any atom is -0.507 e. The van der Waals surface area contributed by atoms with Gasteiger partial charge in [0.05, 0.1) is 0 Å². The first kappa shape index (κ1) is 9.40. The molecule has 0 atom stereocenters. The van der Waals surface area contributed by atoms with Crippen molar-refractivity contribution in [3.63, 3.8) is 0 Å². The van der Waals surface area contributed by atoms with Gasteiger partial charge in [0, 0.05) is 5.02 Å². The van der Waals surface area contributed by atoms with Gasteiger partial charge in [0.1, 0.15) is 5.75 Å². The van der Waals surface area contributed by atoms with Gasteiger partial charge in [-0.3, -0.25) is 0 Å². The van der Waals surface area contributed by atoms with E-state index >= 15 is 0 Å². The molecule has 0 aromatic heterocycles. The van der Waals surface area contributed by atoms with Crippen molar-refractivity contribution in [3.05, 3.63) is 28.3 Å². The third-order valence-corrected chi connectivity index (χ3v) is 2.21. The van der Waals surface area contributed by atoms with Crippen LogP contribution in [0.5, 0.6) is 5.75 Å². The highest BCUT2D eigenvalue weighted by Crippen LogP contribution is 2.27. The molecule has 0 bridgehead atoms. The van der Waals surface area contributed by atoms with E-state index in [-0.39, 0.29) is 0 Å². The number of phenolic OH excluding ortho intramolecular Hbond substituents is 1. The van der Waals surface area contributed by atoms with E-state index in [4.69, 9.17) is 11.6 Å². The lowest BCUT2D eigenvalue weighted by molar-refractivity contribution is 0.462. The van der Waals surface area contributed by atoms with Gasteiger partial charge in [0.15, 0.2) is 0 Å². The second-order valence-electron chi connectivity index (χ2n) is 2.78. The molecule has 0 radical (unpaired) electrons. The molecule has 1 nitrogen and oxygen atoms in total. The van der Waals surface area contributed by atoms with Crippen molar-refractivity contribution in [2.24, 2.45) is 0 Å². The van der Waals surface area contributed by atoms with Crippen molar-refractivity contribution >= 4 is 11.6 Å². The molecule has 0 unspecified atom stereocenters. The van der Waals surface area contributed by atoms with Crippen LogP contribution in [-0.2, 0) is 12.8 Å². The monoisotopic (exact) mass is 184 g/mol. The van der Waals surface area contributed by atoms with Crippen LogP contribution < -0.4 is 0 Å². The van der Waals surface area contributed by atoms with E-state index in [0.29, 0.717) is 10.8 Å². The Morgan fingerprint density at radius 1 is 1.17 bits per heavy atom. The second kappa shape index (κ2) is 3.81. The summed E-state index contributed by atoms with van der Waals surface area (Å²) in [6, 6.07) is 3.63. The summed E-state index contributed by atoms with van der Waals surface area (Å²) < 4.78 is 0. The third-order valence-electron chi connectivity index (χ3n) is 1.99. The van der Waals surface area contributed by atoms with Gasteiger partial charge in [-0.05, 0) is 36.1 Å². The maximum atomic E-state index is 9.65. The SMILES string of the molecule is CCc1cc(Cl)cc(CC)c1O. The van der Waals surface area contributed by atoms with Gasteiger partial charge >= 0.3 is 0 Å². The van der Waals surface area contributed by atoms with Crippen molar-refractivity contribution in [1.82, 2.24) is 0 Å². The van der Waals surface area contributed by atoms with Crippen LogP contribution in [0.2, 0.25) is 5.02 Å². The Morgan fingerprint density at radius 3 is 1.92 bits per heavy atom. The zero-order valence-corrected chi connectivity index (χ0v) is 8.15. The molecule has 0 heterocycles. The maximum Gasteiger partial charge on any atom is 0.122 e. The summed E-state index contributed by atoms with van der Waals surface area (Å²) in [5.74, 6) is 0.407. The summed E-state index contributed by atoms with van der Waals surface area (Å²) in [5.41, 5.74) is 1.86. The lowest BCUT2D eigenvalue weighted by Crippen LogP contribution is -1.88. The van der Waals surface area contributed by atoms with Crippen LogP contribution in [-0.4, -0.2) is 5.11 Å². The van der Waals surface area contributed by atoms with Crippen LogP contribution in [0.3, 0.4) is 0 Å². The average Bonchev–Trinajstić information content (AvgIpc) is 2.08. The molecule has 0 aliphatic rings. The Balaban J connectivity index is 3.22. The fourth-order valence-electron chi connectivity index (χ4n) is 1.26. The van der Waals surface area contributed by atoms with Gasteiger partial charge < -0.3 is 5.11 Å². The summed E-state index contributed by atoms with van der Waals surface area (Å²) in [5, 5.41) is 10.4. The molecule has 0 fully saturated rings. The number of rotatable bonds is 2. The fraction of sp³-hybridized carbons (Fsp3) is 0.400. The van der Waals surface area contributed by atoms with Gasteiger partial charge in [0.25, 0.3) is 0 Å². The highest BCUT2D eigenvalue weighted by atomic mass is 35.5. The molecule has 0 amide bonds. The number of hydrogen-bond acceptors (Lipinski definition) is 1. The Bertz CT molecular complexity index is 256. The van der Waals surface area contributed by atoms with E-state index in [1.165, 1.54) is 0 Å². The quantitative estimate of drug-likeness (QED) is 0.749. The minimum atomic E-state index is 0.407. The average molecular weight is 185 g/mol.